The third-order valence-corrected chi connectivity index (χ3v) is 6.19. The van der Waals surface area contributed by atoms with Gasteiger partial charge in [-0.15, -0.1) is 0 Å². The Bertz CT molecular complexity index is 1220. The first-order valence-electron chi connectivity index (χ1n) is 13.7. The summed E-state index contributed by atoms with van der Waals surface area (Å²) in [6.07, 6.45) is -15.4. The lowest BCUT2D eigenvalue weighted by Crippen LogP contribution is -2.67. The highest BCUT2D eigenvalue weighted by Crippen LogP contribution is 2.35. The SMILES string of the molecule is CC(=O)OC[C@H]1O[C@@H](O[C@H]2[C@H](OC(C)=O)[C@@H](OC(C)=O)[C@H](N=C=S)O[C@@H]2COC(C)=O)[C@H](OC(C)=O)[C@@H](OC(C)=O)[C@H]1OC(C)=O. The normalized spacial score (nSPS) is 30.3. The Hall–Kier alpha value is -4.03. The minimum Gasteiger partial charge on any atom is -0.463 e. The van der Waals surface area contributed by atoms with Gasteiger partial charge < -0.3 is 47.4 Å². The highest BCUT2D eigenvalue weighted by Gasteiger charge is 2.57. The van der Waals surface area contributed by atoms with Gasteiger partial charge in [0.1, 0.15) is 31.5 Å². The van der Waals surface area contributed by atoms with E-state index in [-0.39, 0.29) is 0 Å². The highest BCUT2D eigenvalue weighted by atomic mass is 32.1. The van der Waals surface area contributed by atoms with Crippen molar-refractivity contribution in [2.24, 2.45) is 4.99 Å². The molecule has 0 amide bonds. The van der Waals surface area contributed by atoms with Crippen LogP contribution in [0.1, 0.15) is 48.5 Å². The van der Waals surface area contributed by atoms with Crippen LogP contribution in [0.15, 0.2) is 4.99 Å². The van der Waals surface area contributed by atoms with Gasteiger partial charge >= 0.3 is 41.8 Å². The summed E-state index contributed by atoms with van der Waals surface area (Å²) >= 11 is 4.69. The summed E-state index contributed by atoms with van der Waals surface area (Å²) in [4.78, 5) is 88.1. The first-order chi connectivity index (χ1) is 21.5. The molecule has 2 heterocycles. The average molecular weight is 678 g/mol. The van der Waals surface area contributed by atoms with Gasteiger partial charge in [0.15, 0.2) is 43.0 Å². The summed E-state index contributed by atoms with van der Waals surface area (Å²) in [6, 6.07) is 0. The van der Waals surface area contributed by atoms with Gasteiger partial charge in [-0.2, -0.15) is 4.99 Å². The fourth-order valence-corrected chi connectivity index (χ4v) is 4.75. The Morgan fingerprint density at radius 2 is 0.935 bits per heavy atom. The first-order valence-corrected chi connectivity index (χ1v) is 14.1. The lowest BCUT2D eigenvalue weighted by molar-refractivity contribution is -0.344. The van der Waals surface area contributed by atoms with Crippen LogP contribution in [-0.2, 0) is 80.9 Å². The molecule has 0 bridgehead atoms. The Morgan fingerprint density at radius 3 is 1.37 bits per heavy atom. The largest absolute Gasteiger partial charge is 0.463 e. The van der Waals surface area contributed by atoms with Gasteiger partial charge in [0, 0.05) is 48.5 Å². The second-order valence-electron chi connectivity index (χ2n) is 9.90. The Balaban J connectivity index is 2.73. The van der Waals surface area contributed by atoms with Crippen LogP contribution < -0.4 is 0 Å². The van der Waals surface area contributed by atoms with E-state index in [0.717, 1.165) is 48.5 Å². The van der Waals surface area contributed by atoms with Crippen molar-refractivity contribution in [3.63, 3.8) is 0 Å². The maximum Gasteiger partial charge on any atom is 0.303 e. The lowest BCUT2D eigenvalue weighted by atomic mass is 9.95. The topological polar surface area (TPSA) is 224 Å². The molecule has 0 aromatic carbocycles. The van der Waals surface area contributed by atoms with Crippen LogP contribution >= 0.6 is 12.2 Å². The zero-order valence-corrected chi connectivity index (χ0v) is 26.8. The minimum atomic E-state index is -1.78. The number of hydrogen-bond donors (Lipinski definition) is 0. The van der Waals surface area contributed by atoms with E-state index in [1.165, 1.54) is 0 Å². The fourth-order valence-electron chi connectivity index (χ4n) is 4.65. The molecule has 46 heavy (non-hydrogen) atoms. The zero-order valence-electron chi connectivity index (χ0n) is 26.0. The van der Waals surface area contributed by atoms with Crippen molar-refractivity contribution in [2.75, 3.05) is 13.2 Å². The summed E-state index contributed by atoms with van der Waals surface area (Å²) in [5.41, 5.74) is 0. The molecule has 2 aliphatic heterocycles. The molecule has 256 valence electrons. The van der Waals surface area contributed by atoms with Crippen LogP contribution in [0.4, 0.5) is 0 Å². The van der Waals surface area contributed by atoms with Crippen LogP contribution in [0.2, 0.25) is 0 Å². The van der Waals surface area contributed by atoms with E-state index < -0.39 is 116 Å². The van der Waals surface area contributed by atoms with E-state index in [2.05, 4.69) is 22.4 Å². The molecule has 2 aliphatic rings. The molecule has 0 spiro atoms. The van der Waals surface area contributed by atoms with Gasteiger partial charge in [0.2, 0.25) is 0 Å². The second-order valence-corrected chi connectivity index (χ2v) is 10.1. The van der Waals surface area contributed by atoms with E-state index >= 15 is 0 Å². The number of carbonyl (C=O) groups excluding carboxylic acids is 7. The summed E-state index contributed by atoms with van der Waals surface area (Å²) in [5.74, 6) is -5.88. The molecule has 10 atom stereocenters. The molecule has 2 saturated heterocycles. The molecule has 2 fully saturated rings. The molecule has 2 rings (SSSR count). The molecule has 0 saturated carbocycles. The molecule has 0 aromatic rings. The van der Waals surface area contributed by atoms with E-state index in [0.29, 0.717) is 0 Å². The van der Waals surface area contributed by atoms with Gasteiger partial charge in [-0.1, -0.05) is 0 Å². The van der Waals surface area contributed by atoms with Crippen molar-refractivity contribution < 1.29 is 80.9 Å². The first kappa shape index (κ1) is 38.2. The maximum atomic E-state index is 12.3. The van der Waals surface area contributed by atoms with Crippen molar-refractivity contribution in [1.29, 1.82) is 0 Å². The number of ether oxygens (including phenoxy) is 10. The average Bonchev–Trinajstić information content (AvgIpc) is 2.91. The standard InChI is InChI=1S/C27H35NO17S/c1-11(29)36-8-18-21(22(39-14(4)32)24(41-16(6)34)26(43-18)28-10-46)45-27-25(42-17(7)35)23(40-15(5)33)20(38-13(3)31)19(44-27)9-37-12(2)30/h18-27H,8-9H2,1-7H3/t18-,19-,20+,21-,22+,23+,24-,25-,26-,27+/m1/s1. The number of nitrogens with zero attached hydrogens (tertiary/aromatic N) is 1. The summed E-state index contributed by atoms with van der Waals surface area (Å²) in [5, 5.41) is 2.09. The number of esters is 7. The Morgan fingerprint density at radius 1 is 0.543 bits per heavy atom. The van der Waals surface area contributed by atoms with Crippen LogP contribution in [0.3, 0.4) is 0 Å². The van der Waals surface area contributed by atoms with Gasteiger partial charge in [0.05, 0.1) is 5.16 Å². The number of hydrogen-bond acceptors (Lipinski definition) is 19. The number of rotatable bonds is 12. The van der Waals surface area contributed by atoms with Crippen LogP contribution in [0.25, 0.3) is 0 Å². The third kappa shape index (κ3) is 11.4. The van der Waals surface area contributed by atoms with Crippen molar-refractivity contribution in [2.45, 2.75) is 110 Å². The number of isothiocyanates is 1. The number of aliphatic imine (C=N–C) groups is 1. The Kier molecular flexibility index (Phi) is 14.6. The predicted molar refractivity (Wildman–Crippen MR) is 148 cm³/mol. The third-order valence-electron chi connectivity index (χ3n) is 6.08. The lowest BCUT2D eigenvalue weighted by Gasteiger charge is -2.48. The van der Waals surface area contributed by atoms with Gasteiger partial charge in [-0.05, 0) is 12.2 Å². The van der Waals surface area contributed by atoms with Gasteiger partial charge in [-0.25, -0.2) is 0 Å². The monoisotopic (exact) mass is 677 g/mol. The summed E-state index contributed by atoms with van der Waals surface area (Å²) in [7, 11) is 0. The van der Waals surface area contributed by atoms with Crippen molar-refractivity contribution in [1.82, 2.24) is 0 Å². The van der Waals surface area contributed by atoms with Crippen molar-refractivity contribution in [3.05, 3.63) is 0 Å². The van der Waals surface area contributed by atoms with Crippen LogP contribution in [0.5, 0.6) is 0 Å². The molecule has 0 N–H and O–H groups in total. The molecule has 0 radical (unpaired) electrons. The van der Waals surface area contributed by atoms with Crippen LogP contribution in [0, 0.1) is 0 Å². The molecule has 18 nitrogen and oxygen atoms in total. The van der Waals surface area contributed by atoms with E-state index in [1.807, 2.05) is 0 Å². The zero-order chi connectivity index (χ0) is 34.7. The predicted octanol–water partition coefficient (Wildman–Crippen LogP) is -0.291. The van der Waals surface area contributed by atoms with Gasteiger partial charge in [-0.3, -0.25) is 33.6 Å². The summed E-state index contributed by atoms with van der Waals surface area (Å²) in [6.45, 7) is 6.30. The van der Waals surface area contributed by atoms with E-state index in [1.54, 1.807) is 0 Å². The number of thiocarbonyl (C=S) groups is 1. The highest BCUT2D eigenvalue weighted by molar-refractivity contribution is 7.78. The molecule has 0 aromatic heterocycles. The quantitative estimate of drug-likeness (QED) is 0.112. The van der Waals surface area contributed by atoms with E-state index in [4.69, 9.17) is 47.4 Å². The summed E-state index contributed by atoms with van der Waals surface area (Å²) < 4.78 is 55.3. The van der Waals surface area contributed by atoms with E-state index in [9.17, 15) is 33.6 Å². The molecule has 0 aliphatic carbocycles. The molecular formula is C27H35NO17S. The molecule has 0 unspecified atom stereocenters. The second kappa shape index (κ2) is 17.6. The van der Waals surface area contributed by atoms with Gasteiger partial charge in [0.25, 0.3) is 0 Å². The molecule has 19 heteroatoms. The Labute approximate surface area is 268 Å². The van der Waals surface area contributed by atoms with Crippen molar-refractivity contribution >= 4 is 59.2 Å². The van der Waals surface area contributed by atoms with Crippen LogP contribution in [-0.4, -0.2) is 122 Å². The molecular weight excluding hydrogens is 642 g/mol. The maximum absolute atomic E-state index is 12.3. The smallest absolute Gasteiger partial charge is 0.303 e. The van der Waals surface area contributed by atoms with Crippen molar-refractivity contribution in [3.8, 4) is 0 Å². The number of carbonyl (C=O) groups is 7. The fraction of sp³-hybridized carbons (Fsp3) is 0.704. The minimum absolute atomic E-state index is 0.542.